The number of aryl methyl sites for hydroxylation is 2. The maximum atomic E-state index is 12.4. The van der Waals surface area contributed by atoms with E-state index in [1.807, 2.05) is 23.7 Å². The van der Waals surface area contributed by atoms with Gasteiger partial charge in [-0.1, -0.05) is 31.2 Å². The normalized spacial score (nSPS) is 16.2. The number of methoxy groups -OCH3 is 1. The topological polar surface area (TPSA) is 56.2 Å². The number of nitrogens with zero attached hydrogens (tertiary/aromatic N) is 2. The number of aromatic nitrogens is 2. The van der Waals surface area contributed by atoms with Gasteiger partial charge in [0.25, 0.3) is 0 Å². The van der Waals surface area contributed by atoms with Gasteiger partial charge in [-0.3, -0.25) is 4.79 Å². The number of thioether (sulfide) groups is 1. The molecule has 1 amide bonds. The summed E-state index contributed by atoms with van der Waals surface area (Å²) in [6, 6.07) is 16.3. The fourth-order valence-corrected chi connectivity index (χ4v) is 4.67. The summed E-state index contributed by atoms with van der Waals surface area (Å²) in [6.07, 6.45) is 0.990. The molecule has 6 heteroatoms. The highest BCUT2D eigenvalue weighted by Gasteiger charge is 2.30. The summed E-state index contributed by atoms with van der Waals surface area (Å²) in [6.45, 7) is 4.14. The van der Waals surface area contributed by atoms with Crippen molar-refractivity contribution in [1.82, 2.24) is 9.78 Å². The summed E-state index contributed by atoms with van der Waals surface area (Å²) in [7, 11) is 1.66. The van der Waals surface area contributed by atoms with Gasteiger partial charge in [-0.2, -0.15) is 5.10 Å². The van der Waals surface area contributed by atoms with E-state index < -0.39 is 0 Å². The molecule has 144 valence electrons. The Bertz CT molecular complexity index is 994. The lowest BCUT2D eigenvalue weighted by molar-refractivity contribution is -0.113. The van der Waals surface area contributed by atoms with Gasteiger partial charge < -0.3 is 10.1 Å². The molecule has 0 spiro atoms. The van der Waals surface area contributed by atoms with Crippen molar-refractivity contribution in [3.8, 4) is 11.4 Å². The van der Waals surface area contributed by atoms with Crippen molar-refractivity contribution >= 4 is 23.5 Å². The number of fused-ring (bicyclic) bond motifs is 1. The summed E-state index contributed by atoms with van der Waals surface area (Å²) >= 11 is 1.62. The number of nitrogens with one attached hydrogen (secondary N) is 1. The second-order valence-electron chi connectivity index (χ2n) is 6.79. The zero-order valence-electron chi connectivity index (χ0n) is 16.2. The standard InChI is InChI=1S/C22H23N3O2S/c1-4-15-5-9-17(10-6-15)25-22-20(14(2)24-25)21(28-13-19(26)23-22)16-7-11-18(27-3)12-8-16/h5-12,21H,4,13H2,1-3H3,(H,23,26)/t21-/m1/s1. The summed E-state index contributed by atoms with van der Waals surface area (Å²) in [5.74, 6) is 1.98. The number of anilines is 1. The summed E-state index contributed by atoms with van der Waals surface area (Å²) < 4.78 is 7.13. The number of amides is 1. The third kappa shape index (κ3) is 3.40. The molecule has 4 rings (SSSR count). The van der Waals surface area contributed by atoms with Crippen molar-refractivity contribution in [2.24, 2.45) is 0 Å². The first-order valence-electron chi connectivity index (χ1n) is 9.35. The Balaban J connectivity index is 1.82. The molecule has 0 saturated heterocycles. The molecule has 1 atom stereocenters. The van der Waals surface area contributed by atoms with Gasteiger partial charge in [0.2, 0.25) is 5.91 Å². The molecule has 28 heavy (non-hydrogen) atoms. The highest BCUT2D eigenvalue weighted by atomic mass is 32.2. The smallest absolute Gasteiger partial charge is 0.235 e. The first-order valence-corrected chi connectivity index (χ1v) is 10.4. The van der Waals surface area contributed by atoms with E-state index >= 15 is 0 Å². The van der Waals surface area contributed by atoms with Crippen LogP contribution in [0.1, 0.15) is 34.6 Å². The molecule has 5 nitrogen and oxygen atoms in total. The molecular weight excluding hydrogens is 370 g/mol. The molecule has 1 N–H and O–H groups in total. The van der Waals surface area contributed by atoms with Gasteiger partial charge in [-0.15, -0.1) is 11.8 Å². The number of carbonyl (C=O) groups is 1. The van der Waals surface area contributed by atoms with Crippen molar-refractivity contribution in [3.63, 3.8) is 0 Å². The molecule has 2 aromatic carbocycles. The number of ether oxygens (including phenoxy) is 1. The summed E-state index contributed by atoms with van der Waals surface area (Å²) in [5, 5.41) is 7.88. The number of hydrogen-bond acceptors (Lipinski definition) is 4. The number of hydrogen-bond donors (Lipinski definition) is 1. The van der Waals surface area contributed by atoms with E-state index in [4.69, 9.17) is 9.84 Å². The molecule has 3 aromatic rings. The Labute approximate surface area is 169 Å². The Kier molecular flexibility index (Phi) is 5.13. The maximum Gasteiger partial charge on any atom is 0.235 e. The van der Waals surface area contributed by atoms with Gasteiger partial charge in [-0.05, 0) is 48.7 Å². The Morgan fingerprint density at radius 3 is 2.54 bits per heavy atom. The van der Waals surface area contributed by atoms with Crippen LogP contribution in [0.2, 0.25) is 0 Å². The third-order valence-corrected chi connectivity index (χ3v) is 6.29. The minimum Gasteiger partial charge on any atom is -0.497 e. The maximum absolute atomic E-state index is 12.4. The SMILES string of the molecule is CCc1ccc(-n2nc(C)c3c2NC(=O)CS[C@@H]3c2ccc(OC)cc2)cc1. The zero-order chi connectivity index (χ0) is 19.7. The molecule has 1 aliphatic rings. The molecule has 0 bridgehead atoms. The Hall–Kier alpha value is -2.73. The fourth-order valence-electron chi connectivity index (χ4n) is 3.49. The van der Waals surface area contributed by atoms with Crippen LogP contribution in [-0.4, -0.2) is 28.6 Å². The minimum atomic E-state index is -0.00594. The van der Waals surface area contributed by atoms with Crippen LogP contribution in [-0.2, 0) is 11.2 Å². The molecule has 0 saturated carbocycles. The van der Waals surface area contributed by atoms with Crippen molar-refractivity contribution < 1.29 is 9.53 Å². The third-order valence-electron chi connectivity index (χ3n) is 5.02. The lowest BCUT2D eigenvalue weighted by Crippen LogP contribution is -2.15. The highest BCUT2D eigenvalue weighted by Crippen LogP contribution is 2.44. The van der Waals surface area contributed by atoms with Gasteiger partial charge >= 0.3 is 0 Å². The van der Waals surface area contributed by atoms with Gasteiger partial charge in [-0.25, -0.2) is 4.68 Å². The predicted molar refractivity (Wildman–Crippen MR) is 114 cm³/mol. The van der Waals surface area contributed by atoms with Gasteiger partial charge in [0.05, 0.1) is 29.5 Å². The van der Waals surface area contributed by atoms with Crippen LogP contribution >= 0.6 is 11.8 Å². The van der Waals surface area contributed by atoms with Gasteiger partial charge in [0, 0.05) is 5.56 Å². The van der Waals surface area contributed by atoms with E-state index in [9.17, 15) is 4.79 Å². The second kappa shape index (κ2) is 7.72. The van der Waals surface area contributed by atoms with E-state index in [0.717, 1.165) is 40.5 Å². The van der Waals surface area contributed by atoms with E-state index in [1.165, 1.54) is 5.56 Å². The van der Waals surface area contributed by atoms with Gasteiger partial charge in [0.15, 0.2) is 0 Å². The van der Waals surface area contributed by atoms with Crippen LogP contribution in [0.25, 0.3) is 5.69 Å². The number of carbonyl (C=O) groups excluding carboxylic acids is 1. The van der Waals surface area contributed by atoms with Crippen LogP contribution in [0.5, 0.6) is 5.75 Å². The van der Waals surface area contributed by atoms with Crippen LogP contribution in [0.15, 0.2) is 48.5 Å². The summed E-state index contributed by atoms with van der Waals surface area (Å²) in [5.41, 5.74) is 5.33. The quantitative estimate of drug-likeness (QED) is 0.708. The molecular formula is C22H23N3O2S. The lowest BCUT2D eigenvalue weighted by Gasteiger charge is -2.16. The van der Waals surface area contributed by atoms with Crippen LogP contribution in [0.3, 0.4) is 0 Å². The molecule has 0 aliphatic carbocycles. The van der Waals surface area contributed by atoms with E-state index in [-0.39, 0.29) is 11.2 Å². The minimum absolute atomic E-state index is 0.00594. The van der Waals surface area contributed by atoms with Crippen LogP contribution < -0.4 is 10.1 Å². The van der Waals surface area contributed by atoms with Crippen molar-refractivity contribution in [3.05, 3.63) is 70.9 Å². The highest BCUT2D eigenvalue weighted by molar-refractivity contribution is 8.00. The van der Waals surface area contributed by atoms with Crippen molar-refractivity contribution in [2.45, 2.75) is 25.5 Å². The first-order chi connectivity index (χ1) is 13.6. The number of rotatable bonds is 4. The summed E-state index contributed by atoms with van der Waals surface area (Å²) in [4.78, 5) is 12.4. The molecule has 0 unspecified atom stereocenters. The molecule has 1 aliphatic heterocycles. The Morgan fingerprint density at radius 1 is 1.18 bits per heavy atom. The number of benzene rings is 2. The second-order valence-corrected chi connectivity index (χ2v) is 7.89. The van der Waals surface area contributed by atoms with Gasteiger partial charge in [0.1, 0.15) is 11.6 Å². The monoisotopic (exact) mass is 393 g/mol. The molecule has 0 fully saturated rings. The van der Waals surface area contributed by atoms with Crippen molar-refractivity contribution in [2.75, 3.05) is 18.2 Å². The lowest BCUT2D eigenvalue weighted by atomic mass is 10.0. The predicted octanol–water partition coefficient (Wildman–Crippen LogP) is 4.53. The van der Waals surface area contributed by atoms with Crippen LogP contribution in [0.4, 0.5) is 5.82 Å². The molecule has 2 heterocycles. The largest absolute Gasteiger partial charge is 0.497 e. The average Bonchev–Trinajstić information content (AvgIpc) is 2.93. The molecule has 1 aromatic heterocycles. The van der Waals surface area contributed by atoms with E-state index in [1.54, 1.807) is 18.9 Å². The van der Waals surface area contributed by atoms with Crippen molar-refractivity contribution in [1.29, 1.82) is 0 Å². The van der Waals surface area contributed by atoms with Crippen LogP contribution in [0, 0.1) is 6.92 Å². The van der Waals surface area contributed by atoms with E-state index in [0.29, 0.717) is 5.75 Å². The first kappa shape index (κ1) is 18.6. The Morgan fingerprint density at radius 2 is 1.89 bits per heavy atom. The fraction of sp³-hybridized carbons (Fsp3) is 0.273. The molecule has 0 radical (unpaired) electrons. The zero-order valence-corrected chi connectivity index (χ0v) is 17.0. The average molecular weight is 394 g/mol. The van der Waals surface area contributed by atoms with E-state index in [2.05, 4.69) is 48.6 Å².